The van der Waals surface area contributed by atoms with Gasteiger partial charge in [-0.15, -0.1) is 0 Å². The summed E-state index contributed by atoms with van der Waals surface area (Å²) in [6, 6.07) is 9.69. The number of nitrogens with two attached hydrogens (primary N) is 1. The molecule has 0 aliphatic carbocycles. The SMILES string of the molecule is Cc1ccnc(Nc2cccc(-c3cnc(N4CC[C@@H](CS(N)(=O)=O)C4)s3)n2)c1. The fraction of sp³-hybridized carbons (Fsp3) is 0.316. The predicted molar refractivity (Wildman–Crippen MR) is 116 cm³/mol. The Balaban J connectivity index is 1.47. The number of nitrogens with one attached hydrogen (secondary N) is 1. The summed E-state index contributed by atoms with van der Waals surface area (Å²) in [6.07, 6.45) is 4.37. The van der Waals surface area contributed by atoms with Gasteiger partial charge in [-0.05, 0) is 49.1 Å². The van der Waals surface area contributed by atoms with Gasteiger partial charge in [0.2, 0.25) is 10.0 Å². The smallest absolute Gasteiger partial charge is 0.209 e. The summed E-state index contributed by atoms with van der Waals surface area (Å²) in [5.74, 6) is 1.52. The van der Waals surface area contributed by atoms with Crippen LogP contribution in [-0.2, 0) is 10.0 Å². The highest BCUT2D eigenvalue weighted by Gasteiger charge is 2.27. The molecule has 1 fully saturated rings. The van der Waals surface area contributed by atoms with Crippen LogP contribution in [0.1, 0.15) is 12.0 Å². The van der Waals surface area contributed by atoms with E-state index >= 15 is 0 Å². The summed E-state index contributed by atoms with van der Waals surface area (Å²) in [5, 5.41) is 9.28. The van der Waals surface area contributed by atoms with Crippen LogP contribution in [-0.4, -0.2) is 42.2 Å². The largest absolute Gasteiger partial charge is 0.348 e. The first-order valence-corrected chi connectivity index (χ1v) is 11.8. The molecule has 4 heterocycles. The Morgan fingerprint density at radius 2 is 2.14 bits per heavy atom. The molecule has 3 aromatic heterocycles. The van der Waals surface area contributed by atoms with Crippen LogP contribution in [0.4, 0.5) is 16.8 Å². The predicted octanol–water partition coefficient (Wildman–Crippen LogP) is 2.77. The third-order valence-electron chi connectivity index (χ3n) is 4.69. The molecule has 4 rings (SSSR count). The lowest BCUT2D eigenvalue weighted by atomic mass is 10.2. The molecule has 29 heavy (non-hydrogen) atoms. The van der Waals surface area contributed by atoms with Crippen molar-refractivity contribution in [3.8, 4) is 10.6 Å². The van der Waals surface area contributed by atoms with Crippen molar-refractivity contribution >= 4 is 38.1 Å². The summed E-state index contributed by atoms with van der Waals surface area (Å²) in [4.78, 5) is 16.6. The number of hydrogen-bond donors (Lipinski definition) is 2. The van der Waals surface area contributed by atoms with Gasteiger partial charge in [-0.3, -0.25) is 0 Å². The molecule has 0 saturated carbocycles. The fourth-order valence-electron chi connectivity index (χ4n) is 3.38. The van der Waals surface area contributed by atoms with E-state index in [4.69, 9.17) is 5.14 Å². The molecule has 0 spiro atoms. The minimum Gasteiger partial charge on any atom is -0.348 e. The molecule has 152 valence electrons. The second kappa shape index (κ2) is 8.05. The van der Waals surface area contributed by atoms with Gasteiger partial charge in [-0.1, -0.05) is 17.4 Å². The first kappa shape index (κ1) is 19.7. The van der Waals surface area contributed by atoms with Crippen LogP contribution in [0, 0.1) is 12.8 Å². The summed E-state index contributed by atoms with van der Waals surface area (Å²) < 4.78 is 22.7. The molecular formula is C19H22N6O2S2. The first-order valence-electron chi connectivity index (χ1n) is 9.24. The number of nitrogens with zero attached hydrogens (tertiary/aromatic N) is 4. The van der Waals surface area contributed by atoms with Crippen LogP contribution >= 0.6 is 11.3 Å². The number of rotatable bonds is 6. The number of primary sulfonamides is 1. The number of aromatic nitrogens is 3. The number of thiazole rings is 1. The van der Waals surface area contributed by atoms with Gasteiger partial charge in [0.15, 0.2) is 5.13 Å². The van der Waals surface area contributed by atoms with E-state index in [1.54, 1.807) is 17.5 Å². The van der Waals surface area contributed by atoms with Crippen molar-refractivity contribution in [1.82, 2.24) is 15.0 Å². The van der Waals surface area contributed by atoms with E-state index in [2.05, 4.69) is 25.2 Å². The van der Waals surface area contributed by atoms with Crippen molar-refractivity contribution in [1.29, 1.82) is 0 Å². The van der Waals surface area contributed by atoms with Gasteiger partial charge in [-0.2, -0.15) is 0 Å². The van der Waals surface area contributed by atoms with Crippen LogP contribution < -0.4 is 15.4 Å². The molecule has 3 N–H and O–H groups in total. The van der Waals surface area contributed by atoms with Crippen molar-refractivity contribution in [2.75, 3.05) is 29.1 Å². The molecule has 1 aliphatic heterocycles. The zero-order valence-corrected chi connectivity index (χ0v) is 17.6. The van der Waals surface area contributed by atoms with E-state index in [9.17, 15) is 8.42 Å². The highest BCUT2D eigenvalue weighted by Crippen LogP contribution is 2.33. The maximum Gasteiger partial charge on any atom is 0.209 e. The molecule has 0 radical (unpaired) electrons. The number of anilines is 3. The van der Waals surface area contributed by atoms with Crippen LogP contribution in [0.2, 0.25) is 0 Å². The van der Waals surface area contributed by atoms with Crippen molar-refractivity contribution in [2.45, 2.75) is 13.3 Å². The third-order valence-corrected chi connectivity index (χ3v) is 6.71. The van der Waals surface area contributed by atoms with Gasteiger partial charge in [-0.25, -0.2) is 28.5 Å². The summed E-state index contributed by atoms with van der Waals surface area (Å²) >= 11 is 1.55. The Labute approximate surface area is 173 Å². The monoisotopic (exact) mass is 430 g/mol. The second-order valence-electron chi connectivity index (χ2n) is 7.19. The van der Waals surface area contributed by atoms with E-state index in [0.29, 0.717) is 12.4 Å². The van der Waals surface area contributed by atoms with Crippen LogP contribution in [0.25, 0.3) is 10.6 Å². The lowest BCUT2D eigenvalue weighted by Gasteiger charge is -2.14. The van der Waals surface area contributed by atoms with E-state index in [0.717, 1.165) is 40.0 Å². The molecule has 1 atom stereocenters. The number of hydrogen-bond acceptors (Lipinski definition) is 8. The number of pyridine rings is 2. The lowest BCUT2D eigenvalue weighted by molar-refractivity contribution is 0.573. The Bertz CT molecular complexity index is 1120. The van der Waals surface area contributed by atoms with E-state index in [-0.39, 0.29) is 11.7 Å². The molecule has 0 aromatic carbocycles. The minimum atomic E-state index is -3.45. The standard InChI is InChI=1S/C19H22N6O2S2/c1-13-5-7-21-18(9-13)24-17-4-2-3-15(23-17)16-10-22-19(28-16)25-8-6-14(11-25)12-29(20,26)27/h2-5,7,9-10,14H,6,8,11-12H2,1H3,(H2,20,26,27)(H,21,23,24)/t14-/m1/s1. The molecule has 1 aliphatic rings. The zero-order chi connectivity index (χ0) is 20.4. The molecule has 3 aromatic rings. The molecule has 0 bridgehead atoms. The first-order chi connectivity index (χ1) is 13.9. The van der Waals surface area contributed by atoms with Gasteiger partial charge >= 0.3 is 0 Å². The van der Waals surface area contributed by atoms with Crippen LogP contribution in [0.3, 0.4) is 0 Å². The Kier molecular flexibility index (Phi) is 5.48. The summed E-state index contributed by atoms with van der Waals surface area (Å²) in [6.45, 7) is 3.44. The minimum absolute atomic E-state index is 0.0179. The van der Waals surface area contributed by atoms with Gasteiger partial charge in [0.25, 0.3) is 0 Å². The van der Waals surface area contributed by atoms with Gasteiger partial charge in [0.1, 0.15) is 11.6 Å². The zero-order valence-electron chi connectivity index (χ0n) is 15.9. The normalized spacial score (nSPS) is 16.9. The molecule has 0 amide bonds. The third kappa shape index (κ3) is 5.08. The maximum atomic E-state index is 11.3. The maximum absolute atomic E-state index is 11.3. The highest BCUT2D eigenvalue weighted by molar-refractivity contribution is 7.89. The average molecular weight is 431 g/mol. The van der Waals surface area contributed by atoms with Gasteiger partial charge in [0, 0.05) is 25.5 Å². The Hall–Kier alpha value is -2.56. The fourth-order valence-corrected chi connectivity index (χ4v) is 5.23. The van der Waals surface area contributed by atoms with Gasteiger partial charge < -0.3 is 10.2 Å². The number of aryl methyl sites for hydroxylation is 1. The summed E-state index contributed by atoms with van der Waals surface area (Å²) in [7, 11) is -3.45. The number of sulfonamides is 1. The lowest BCUT2D eigenvalue weighted by Crippen LogP contribution is -2.26. The van der Waals surface area contributed by atoms with Crippen molar-refractivity contribution < 1.29 is 8.42 Å². The van der Waals surface area contributed by atoms with Crippen molar-refractivity contribution in [3.05, 3.63) is 48.3 Å². The van der Waals surface area contributed by atoms with Crippen LogP contribution in [0.5, 0.6) is 0 Å². The molecular weight excluding hydrogens is 408 g/mol. The van der Waals surface area contributed by atoms with Crippen molar-refractivity contribution in [2.24, 2.45) is 11.1 Å². The summed E-state index contributed by atoms with van der Waals surface area (Å²) in [5.41, 5.74) is 1.95. The van der Waals surface area contributed by atoms with E-state index in [1.807, 2.05) is 43.5 Å². The highest BCUT2D eigenvalue weighted by atomic mass is 32.2. The van der Waals surface area contributed by atoms with Gasteiger partial charge in [0.05, 0.1) is 16.3 Å². The Morgan fingerprint density at radius 1 is 1.28 bits per heavy atom. The van der Waals surface area contributed by atoms with E-state index < -0.39 is 10.0 Å². The Morgan fingerprint density at radius 3 is 2.93 bits per heavy atom. The second-order valence-corrected chi connectivity index (χ2v) is 9.86. The molecule has 0 unspecified atom stereocenters. The molecule has 1 saturated heterocycles. The topological polar surface area (TPSA) is 114 Å². The van der Waals surface area contributed by atoms with E-state index in [1.165, 1.54) is 0 Å². The van der Waals surface area contributed by atoms with Crippen LogP contribution in [0.15, 0.2) is 42.7 Å². The molecule has 10 heteroatoms. The molecule has 8 nitrogen and oxygen atoms in total. The van der Waals surface area contributed by atoms with Crippen molar-refractivity contribution in [3.63, 3.8) is 0 Å². The average Bonchev–Trinajstić information content (AvgIpc) is 3.30. The quantitative estimate of drug-likeness (QED) is 0.618.